The number of aromatic nitrogens is 2. The quantitative estimate of drug-likeness (QED) is 0.307. The molecule has 1 saturated carbocycles. The van der Waals surface area contributed by atoms with E-state index in [-0.39, 0.29) is 25.1 Å². The first-order chi connectivity index (χ1) is 17.6. The minimum atomic E-state index is -4.12. The minimum Gasteiger partial charge on any atom is -0.461 e. The zero-order valence-corrected chi connectivity index (χ0v) is 22.9. The Morgan fingerprint density at radius 2 is 1.97 bits per heavy atom. The van der Waals surface area contributed by atoms with Crippen molar-refractivity contribution >= 4 is 29.6 Å². The number of hydrogen-bond acceptors (Lipinski definition) is 9. The van der Waals surface area contributed by atoms with E-state index in [0.29, 0.717) is 5.56 Å². The molecule has 0 spiro atoms. The van der Waals surface area contributed by atoms with Crippen molar-refractivity contribution in [3.63, 3.8) is 0 Å². The van der Waals surface area contributed by atoms with Crippen LogP contribution in [0.4, 0.5) is 0 Å². The summed E-state index contributed by atoms with van der Waals surface area (Å²) in [6.45, 7) is 2.74. The maximum Gasteiger partial charge on any atom is 0.459 e. The van der Waals surface area contributed by atoms with Crippen LogP contribution in [0.2, 0.25) is 0 Å². The van der Waals surface area contributed by atoms with Crippen LogP contribution in [0.5, 0.6) is 5.75 Å². The fourth-order valence-electron chi connectivity index (χ4n) is 3.92. The molecule has 2 aliphatic rings. The van der Waals surface area contributed by atoms with E-state index >= 15 is 0 Å². The molecule has 12 nitrogen and oxygen atoms in total. The van der Waals surface area contributed by atoms with Crippen LogP contribution in [0.1, 0.15) is 44.4 Å². The number of carbonyl (C=O) groups is 1. The van der Waals surface area contributed by atoms with Crippen molar-refractivity contribution in [3.8, 4) is 5.75 Å². The maximum atomic E-state index is 13.7. The molecule has 2 fully saturated rings. The number of nitrogens with zero attached hydrogens (tertiary/aromatic N) is 1. The fraction of sp³-hybridized carbons (Fsp3) is 0.522. The molecule has 1 aromatic carbocycles. The van der Waals surface area contributed by atoms with Gasteiger partial charge in [-0.3, -0.25) is 23.7 Å². The Morgan fingerprint density at radius 3 is 2.68 bits per heavy atom. The van der Waals surface area contributed by atoms with Crippen molar-refractivity contribution in [1.29, 1.82) is 0 Å². The molecule has 2 heterocycles. The highest BCUT2D eigenvalue weighted by Gasteiger charge is 2.36. The van der Waals surface area contributed by atoms with Crippen molar-refractivity contribution in [2.24, 2.45) is 0 Å². The molecule has 1 aliphatic heterocycles. The van der Waals surface area contributed by atoms with Crippen LogP contribution < -0.4 is 20.9 Å². The molecule has 1 saturated heterocycles. The Balaban J connectivity index is 1.42. The summed E-state index contributed by atoms with van der Waals surface area (Å²) in [4.78, 5) is 38.6. The van der Waals surface area contributed by atoms with Gasteiger partial charge in [0.25, 0.3) is 5.56 Å². The molecule has 0 amide bonds. The predicted octanol–water partition coefficient (Wildman–Crippen LogP) is 3.15. The standard InChI is InChI=1S/C23H29BrN3O9P/c1-14-11-27(23(30)25-21(14)28)19-12-32-20(35-19)13-33-37(31,36-18-9-7-16(24)8-10-18)26-15(2)22(29)34-17-5-3-4-6-17/h7-11,15,17,19-20H,3-6,12-13H2,1-2H3,(H,26,31)(H,25,28,30)/t15-,19+,20+,37?/m0/s1. The lowest BCUT2D eigenvalue weighted by Crippen LogP contribution is -2.37. The van der Waals surface area contributed by atoms with Crippen molar-refractivity contribution in [2.75, 3.05) is 13.2 Å². The molecule has 4 rings (SSSR count). The zero-order chi connectivity index (χ0) is 26.6. The van der Waals surface area contributed by atoms with Crippen molar-refractivity contribution in [3.05, 3.63) is 61.3 Å². The Kier molecular flexibility index (Phi) is 9.04. The summed E-state index contributed by atoms with van der Waals surface area (Å²) in [6, 6.07) is 5.60. The third-order valence-electron chi connectivity index (χ3n) is 5.90. The van der Waals surface area contributed by atoms with Crippen LogP contribution in [0.3, 0.4) is 0 Å². The van der Waals surface area contributed by atoms with E-state index in [4.69, 9.17) is 23.3 Å². The highest BCUT2D eigenvalue weighted by atomic mass is 79.9. The first-order valence-corrected chi connectivity index (χ1v) is 14.2. The average Bonchev–Trinajstić information content (AvgIpc) is 3.54. The highest BCUT2D eigenvalue weighted by Crippen LogP contribution is 2.45. The maximum absolute atomic E-state index is 13.7. The first kappa shape index (κ1) is 27.7. The summed E-state index contributed by atoms with van der Waals surface area (Å²) in [6.07, 6.45) is 3.02. The molecule has 14 heteroatoms. The Bertz CT molecular complexity index is 1260. The van der Waals surface area contributed by atoms with Crippen LogP contribution >= 0.6 is 23.7 Å². The third kappa shape index (κ3) is 7.40. The number of rotatable bonds is 10. The van der Waals surface area contributed by atoms with E-state index in [1.165, 1.54) is 17.7 Å². The van der Waals surface area contributed by atoms with Gasteiger partial charge in [-0.1, -0.05) is 15.9 Å². The molecule has 2 aromatic rings. The second-order valence-corrected chi connectivity index (χ2v) is 11.5. The van der Waals surface area contributed by atoms with Crippen molar-refractivity contribution in [2.45, 2.75) is 64.2 Å². The number of benzene rings is 1. The number of esters is 1. The normalized spacial score (nSPS) is 22.5. The number of halogens is 1. The highest BCUT2D eigenvalue weighted by molar-refractivity contribution is 9.10. The zero-order valence-electron chi connectivity index (χ0n) is 20.4. The van der Waals surface area contributed by atoms with Gasteiger partial charge in [0.15, 0.2) is 12.5 Å². The van der Waals surface area contributed by atoms with Gasteiger partial charge in [-0.2, -0.15) is 5.09 Å². The molecular weight excluding hydrogens is 573 g/mol. The van der Waals surface area contributed by atoms with Gasteiger partial charge >= 0.3 is 19.4 Å². The van der Waals surface area contributed by atoms with Crippen LogP contribution in [0.25, 0.3) is 0 Å². The van der Waals surface area contributed by atoms with E-state index in [1.54, 1.807) is 31.2 Å². The Morgan fingerprint density at radius 1 is 1.27 bits per heavy atom. The molecule has 1 unspecified atom stereocenters. The van der Waals surface area contributed by atoms with Gasteiger partial charge in [-0.05, 0) is 63.8 Å². The van der Waals surface area contributed by atoms with Crippen LogP contribution in [-0.4, -0.2) is 47.2 Å². The average molecular weight is 602 g/mol. The van der Waals surface area contributed by atoms with Gasteiger partial charge in [-0.15, -0.1) is 0 Å². The van der Waals surface area contributed by atoms with Gasteiger partial charge in [0, 0.05) is 16.2 Å². The van der Waals surface area contributed by atoms with Gasteiger partial charge < -0.3 is 18.7 Å². The number of hydrogen-bond donors (Lipinski definition) is 2. The van der Waals surface area contributed by atoms with E-state index in [2.05, 4.69) is 26.0 Å². The number of nitrogens with one attached hydrogen (secondary N) is 2. The summed E-state index contributed by atoms with van der Waals surface area (Å²) in [5.41, 5.74) is -0.804. The van der Waals surface area contributed by atoms with Crippen LogP contribution in [-0.2, 0) is 28.1 Å². The summed E-state index contributed by atoms with van der Waals surface area (Å²) >= 11 is 3.33. The molecular formula is C23H29BrN3O9P. The Labute approximate surface area is 221 Å². The number of carbonyl (C=O) groups excluding carboxylic acids is 1. The molecule has 0 bridgehead atoms. The van der Waals surface area contributed by atoms with E-state index in [1.807, 2.05) is 0 Å². The van der Waals surface area contributed by atoms with E-state index < -0.39 is 43.5 Å². The number of ether oxygens (including phenoxy) is 3. The lowest BCUT2D eigenvalue weighted by Gasteiger charge is -2.24. The second-order valence-electron chi connectivity index (χ2n) is 8.86. The lowest BCUT2D eigenvalue weighted by molar-refractivity contribution is -0.150. The molecule has 37 heavy (non-hydrogen) atoms. The van der Waals surface area contributed by atoms with Crippen LogP contribution in [0, 0.1) is 6.92 Å². The number of H-pyrrole nitrogens is 1. The first-order valence-electron chi connectivity index (χ1n) is 11.9. The van der Waals surface area contributed by atoms with Gasteiger partial charge in [0.05, 0.1) is 6.61 Å². The molecule has 202 valence electrons. The van der Waals surface area contributed by atoms with Crippen molar-refractivity contribution < 1.29 is 32.6 Å². The van der Waals surface area contributed by atoms with E-state index in [0.717, 1.165) is 30.2 Å². The molecule has 0 radical (unpaired) electrons. The molecule has 2 N–H and O–H groups in total. The van der Waals surface area contributed by atoms with Gasteiger partial charge in [-0.25, -0.2) is 9.36 Å². The predicted molar refractivity (Wildman–Crippen MR) is 135 cm³/mol. The monoisotopic (exact) mass is 601 g/mol. The summed E-state index contributed by atoms with van der Waals surface area (Å²) in [7, 11) is -4.12. The van der Waals surface area contributed by atoms with Crippen LogP contribution in [0.15, 0.2) is 44.5 Å². The minimum absolute atomic E-state index is 0.00513. The van der Waals surface area contributed by atoms with E-state index in [9.17, 15) is 18.9 Å². The fourth-order valence-corrected chi connectivity index (χ4v) is 5.66. The summed E-state index contributed by atoms with van der Waals surface area (Å²) in [5.74, 6) is -0.312. The smallest absolute Gasteiger partial charge is 0.459 e. The molecule has 1 aromatic heterocycles. The lowest BCUT2D eigenvalue weighted by atomic mass is 10.3. The summed E-state index contributed by atoms with van der Waals surface area (Å²) in [5, 5.41) is 2.64. The van der Waals surface area contributed by atoms with Gasteiger partial charge in [0.2, 0.25) is 0 Å². The van der Waals surface area contributed by atoms with Gasteiger partial charge in [0.1, 0.15) is 24.5 Å². The van der Waals surface area contributed by atoms with Crippen molar-refractivity contribution in [1.82, 2.24) is 14.6 Å². The number of aromatic amines is 1. The third-order valence-corrected chi connectivity index (χ3v) is 8.07. The molecule has 4 atom stereocenters. The largest absolute Gasteiger partial charge is 0.461 e. The number of aryl methyl sites for hydroxylation is 1. The SMILES string of the molecule is Cc1cn([C@H]2CO[C@@H](COP(=O)(N[C@@H](C)C(=O)OC3CCCC3)Oc3ccc(Br)cc3)O2)c(=O)[nH]c1=O. The second kappa shape index (κ2) is 12.1. The summed E-state index contributed by atoms with van der Waals surface area (Å²) < 4.78 is 43.7. The topological polar surface area (TPSA) is 147 Å². The molecule has 1 aliphatic carbocycles. The Hall–Kier alpha value is -2.28.